The van der Waals surface area contributed by atoms with Crippen LogP contribution in [0.5, 0.6) is 0 Å². The van der Waals surface area contributed by atoms with E-state index in [-0.39, 0.29) is 18.7 Å². The highest BCUT2D eigenvalue weighted by molar-refractivity contribution is 5.80. The maximum absolute atomic E-state index is 11.1. The molecule has 0 radical (unpaired) electrons. The number of carbonyl (C=O) groups is 4. The molecule has 0 aromatic carbocycles. The Morgan fingerprint density at radius 1 is 0.750 bits per heavy atom. The van der Waals surface area contributed by atoms with Crippen molar-refractivity contribution in [3.63, 3.8) is 0 Å². The third kappa shape index (κ3) is 31.6. The first-order valence-electron chi connectivity index (χ1n) is 9.25. The minimum atomic E-state index is -1.23. The predicted octanol–water partition coefficient (Wildman–Crippen LogP) is 1.23. The summed E-state index contributed by atoms with van der Waals surface area (Å²) in [6, 6.07) is 0. The van der Waals surface area contributed by atoms with E-state index >= 15 is 0 Å². The van der Waals surface area contributed by atoms with Crippen molar-refractivity contribution in [2.24, 2.45) is 0 Å². The Morgan fingerprint density at radius 2 is 1.14 bits per heavy atom. The van der Waals surface area contributed by atoms with E-state index in [1.54, 1.807) is 0 Å². The van der Waals surface area contributed by atoms with Crippen LogP contribution < -0.4 is 5.32 Å². The van der Waals surface area contributed by atoms with Gasteiger partial charge < -0.3 is 30.8 Å². The van der Waals surface area contributed by atoms with Crippen LogP contribution in [0.4, 0.5) is 0 Å². The summed E-state index contributed by atoms with van der Waals surface area (Å²) in [6.45, 7) is 5.25. The zero-order valence-corrected chi connectivity index (χ0v) is 16.9. The van der Waals surface area contributed by atoms with Gasteiger partial charge in [0, 0.05) is 13.0 Å². The molecule has 28 heavy (non-hydrogen) atoms. The van der Waals surface area contributed by atoms with Crippen LogP contribution in [0.15, 0.2) is 0 Å². The SMILES string of the molecule is CC(O)C(=O)O.CC(O)C(=O)O.CCCCCCCCNC(=O)CCC(=O)O. The molecule has 0 fully saturated rings. The molecule has 0 bridgehead atoms. The molecule has 0 saturated carbocycles. The topological polar surface area (TPSA) is 181 Å². The van der Waals surface area contributed by atoms with Gasteiger partial charge in [0.1, 0.15) is 12.2 Å². The van der Waals surface area contributed by atoms with Crippen molar-refractivity contribution < 1.29 is 44.7 Å². The standard InChI is InChI=1S/C12H23NO3.2C3H6O3/c1-2-3-4-5-6-7-10-13-11(14)8-9-12(15)16;2*1-2(4)3(5)6/h2-10H2,1H3,(H,13,14)(H,15,16);2*2,4H,1H3,(H,5,6). The van der Waals surface area contributed by atoms with E-state index in [1.165, 1.54) is 39.5 Å². The van der Waals surface area contributed by atoms with E-state index < -0.39 is 30.1 Å². The van der Waals surface area contributed by atoms with Crippen LogP contribution in [-0.4, -0.2) is 68.1 Å². The molecule has 0 heterocycles. The van der Waals surface area contributed by atoms with Gasteiger partial charge in [-0.15, -0.1) is 0 Å². The number of nitrogens with one attached hydrogen (secondary N) is 1. The summed E-state index contributed by atoms with van der Waals surface area (Å²) in [6.07, 6.45) is 4.68. The number of hydrogen-bond acceptors (Lipinski definition) is 6. The number of carboxylic acids is 3. The fraction of sp³-hybridized carbons (Fsp3) is 0.778. The Morgan fingerprint density at radius 3 is 1.50 bits per heavy atom. The number of unbranched alkanes of at least 4 members (excludes halogenated alkanes) is 5. The Hall–Kier alpha value is -2.20. The lowest BCUT2D eigenvalue weighted by molar-refractivity contribution is -0.146. The van der Waals surface area contributed by atoms with Crippen molar-refractivity contribution in [3.8, 4) is 0 Å². The van der Waals surface area contributed by atoms with Gasteiger partial charge in [-0.3, -0.25) is 9.59 Å². The Labute approximate surface area is 165 Å². The molecule has 2 unspecified atom stereocenters. The van der Waals surface area contributed by atoms with E-state index in [1.807, 2.05) is 0 Å². The van der Waals surface area contributed by atoms with E-state index in [9.17, 15) is 19.2 Å². The van der Waals surface area contributed by atoms with Gasteiger partial charge in [-0.2, -0.15) is 0 Å². The summed E-state index contributed by atoms with van der Waals surface area (Å²) < 4.78 is 0. The Kier molecular flexibility index (Phi) is 23.0. The molecular weight excluding hydrogens is 374 g/mol. The number of carboxylic acid groups (broad SMARTS) is 3. The second-order valence-corrected chi connectivity index (χ2v) is 6.04. The van der Waals surface area contributed by atoms with Crippen LogP contribution in [0.1, 0.15) is 72.1 Å². The lowest BCUT2D eigenvalue weighted by atomic mass is 10.1. The molecule has 0 aromatic rings. The van der Waals surface area contributed by atoms with Gasteiger partial charge in [-0.1, -0.05) is 39.0 Å². The molecule has 166 valence electrons. The van der Waals surface area contributed by atoms with Gasteiger partial charge in [0.05, 0.1) is 6.42 Å². The third-order valence-electron chi connectivity index (χ3n) is 3.13. The molecule has 0 aliphatic heterocycles. The average molecular weight is 409 g/mol. The summed E-state index contributed by atoms with van der Waals surface area (Å²) in [5.74, 6) is -3.45. The predicted molar refractivity (Wildman–Crippen MR) is 102 cm³/mol. The van der Waals surface area contributed by atoms with E-state index in [0.29, 0.717) is 6.54 Å². The highest BCUT2D eigenvalue weighted by Gasteiger charge is 2.04. The lowest BCUT2D eigenvalue weighted by Crippen LogP contribution is -2.24. The van der Waals surface area contributed by atoms with Crippen molar-refractivity contribution in [2.45, 2.75) is 84.3 Å². The van der Waals surface area contributed by atoms with Crippen molar-refractivity contribution >= 4 is 23.8 Å². The van der Waals surface area contributed by atoms with Crippen molar-refractivity contribution in [2.75, 3.05) is 6.54 Å². The van der Waals surface area contributed by atoms with Gasteiger partial charge in [-0.25, -0.2) is 9.59 Å². The average Bonchev–Trinajstić information content (AvgIpc) is 2.60. The molecule has 10 heteroatoms. The minimum absolute atomic E-state index is 0.0810. The highest BCUT2D eigenvalue weighted by atomic mass is 16.4. The van der Waals surface area contributed by atoms with Gasteiger partial charge in [0.25, 0.3) is 0 Å². The summed E-state index contributed by atoms with van der Waals surface area (Å²) in [4.78, 5) is 40.2. The van der Waals surface area contributed by atoms with Crippen LogP contribution in [-0.2, 0) is 19.2 Å². The van der Waals surface area contributed by atoms with Crippen LogP contribution in [0.2, 0.25) is 0 Å². The zero-order chi connectivity index (χ0) is 22.5. The quantitative estimate of drug-likeness (QED) is 0.258. The fourth-order valence-corrected chi connectivity index (χ4v) is 1.44. The maximum atomic E-state index is 11.1. The summed E-state index contributed by atoms with van der Waals surface area (Å²) in [5, 5.41) is 42.6. The lowest BCUT2D eigenvalue weighted by Gasteiger charge is -2.04. The summed E-state index contributed by atoms with van der Waals surface area (Å²) in [7, 11) is 0. The Bertz CT molecular complexity index is 419. The number of rotatable bonds is 12. The molecule has 2 atom stereocenters. The maximum Gasteiger partial charge on any atom is 0.332 e. The number of aliphatic hydroxyl groups is 2. The second-order valence-electron chi connectivity index (χ2n) is 6.04. The molecule has 6 N–H and O–H groups in total. The monoisotopic (exact) mass is 409 g/mol. The molecule has 0 spiro atoms. The first-order valence-corrected chi connectivity index (χ1v) is 9.25. The molecular formula is C18H35NO9. The van der Waals surface area contributed by atoms with Crippen LogP contribution >= 0.6 is 0 Å². The second kappa shape index (κ2) is 21.1. The van der Waals surface area contributed by atoms with E-state index in [0.717, 1.165) is 12.8 Å². The van der Waals surface area contributed by atoms with Crippen molar-refractivity contribution in [3.05, 3.63) is 0 Å². The van der Waals surface area contributed by atoms with Crippen LogP contribution in [0.25, 0.3) is 0 Å². The van der Waals surface area contributed by atoms with Gasteiger partial charge in [-0.05, 0) is 20.3 Å². The van der Waals surface area contributed by atoms with E-state index in [4.69, 9.17) is 25.5 Å². The molecule has 0 aromatic heterocycles. The van der Waals surface area contributed by atoms with Crippen LogP contribution in [0.3, 0.4) is 0 Å². The van der Waals surface area contributed by atoms with Crippen LogP contribution in [0, 0.1) is 0 Å². The molecule has 0 aliphatic carbocycles. The number of hydrogen-bond donors (Lipinski definition) is 6. The number of aliphatic carboxylic acids is 3. The first kappa shape index (κ1) is 30.5. The van der Waals surface area contributed by atoms with Gasteiger partial charge >= 0.3 is 17.9 Å². The number of aliphatic hydroxyl groups excluding tert-OH is 2. The Balaban J connectivity index is -0.000000426. The highest BCUT2D eigenvalue weighted by Crippen LogP contribution is 2.04. The molecule has 0 saturated heterocycles. The zero-order valence-electron chi connectivity index (χ0n) is 16.9. The molecule has 0 aliphatic rings. The fourth-order valence-electron chi connectivity index (χ4n) is 1.44. The van der Waals surface area contributed by atoms with Gasteiger partial charge in [0.15, 0.2) is 0 Å². The molecule has 1 amide bonds. The van der Waals surface area contributed by atoms with Gasteiger partial charge in [0.2, 0.25) is 5.91 Å². The third-order valence-corrected chi connectivity index (χ3v) is 3.13. The molecule has 10 nitrogen and oxygen atoms in total. The van der Waals surface area contributed by atoms with Crippen molar-refractivity contribution in [1.82, 2.24) is 5.32 Å². The number of carbonyl (C=O) groups excluding carboxylic acids is 1. The summed E-state index contributed by atoms with van der Waals surface area (Å²) in [5.41, 5.74) is 0. The summed E-state index contributed by atoms with van der Waals surface area (Å²) >= 11 is 0. The first-order chi connectivity index (χ1) is 12.9. The normalized spacial score (nSPS) is 11.6. The minimum Gasteiger partial charge on any atom is -0.481 e. The molecule has 0 rings (SSSR count). The van der Waals surface area contributed by atoms with Crippen molar-refractivity contribution in [1.29, 1.82) is 0 Å². The smallest absolute Gasteiger partial charge is 0.332 e. The van der Waals surface area contributed by atoms with E-state index in [2.05, 4.69) is 12.2 Å². The number of amides is 1. The largest absolute Gasteiger partial charge is 0.481 e.